The van der Waals surface area contributed by atoms with E-state index < -0.39 is 0 Å². The van der Waals surface area contributed by atoms with E-state index in [1.165, 1.54) is 93.3 Å². The molecule has 2 aromatic heterocycles. The van der Waals surface area contributed by atoms with Crippen molar-refractivity contribution in [2.24, 2.45) is 23.7 Å². The zero-order chi connectivity index (χ0) is 43.4. The second kappa shape index (κ2) is 14.8. The lowest BCUT2D eigenvalue weighted by Gasteiger charge is -2.62. The summed E-state index contributed by atoms with van der Waals surface area (Å²) >= 11 is 0. The van der Waals surface area contributed by atoms with E-state index in [9.17, 15) is 0 Å². The molecule has 6 aromatic carbocycles. The number of fused-ring (bicyclic) bond motifs is 4. The van der Waals surface area contributed by atoms with E-state index in [-0.39, 0.29) is 5.41 Å². The second-order valence-electron chi connectivity index (χ2n) is 19.9. The Kier molecular flexibility index (Phi) is 9.02. The Labute approximate surface area is 377 Å². The molecule has 0 radical (unpaired) electrons. The summed E-state index contributed by atoms with van der Waals surface area (Å²) in [5.74, 6) is 5.56. The SMILES string of the molecule is Cc1cc(C)c(-c2cc(Oc3ccc4c5ccccc5n(-c5cc(C6(c7ccc(N(C)C)cc7)C7CC8CC(C7)CC6C8)ccn5)c4c3)cc(N3CN(C)c4ccccc43)c2)c(C)c1. The molecule has 3 heterocycles. The van der Waals surface area contributed by atoms with Gasteiger partial charge in [0.1, 0.15) is 17.3 Å². The Morgan fingerprint density at radius 1 is 0.625 bits per heavy atom. The van der Waals surface area contributed by atoms with E-state index in [2.05, 4.69) is 201 Å². The summed E-state index contributed by atoms with van der Waals surface area (Å²) in [6.07, 6.45) is 8.80. The van der Waals surface area contributed by atoms with Crippen LogP contribution >= 0.6 is 0 Å². The number of pyridine rings is 1. The maximum absolute atomic E-state index is 7.06. The number of para-hydroxylation sites is 3. The molecule has 1 aliphatic heterocycles. The predicted molar refractivity (Wildman–Crippen MR) is 265 cm³/mol. The first kappa shape index (κ1) is 39.1. The van der Waals surface area contributed by atoms with Gasteiger partial charge in [-0.05, 0) is 177 Å². The van der Waals surface area contributed by atoms with Gasteiger partial charge in [-0.15, -0.1) is 0 Å². The standard InChI is InChI=1S/C58H57N5O/c1-36-23-37(2)57(38(3)24-36)41-30-47(62-35-61(6)53-13-9-10-14-54(53)62)33-49(31-41)64-48-19-20-51-50-11-7-8-12-52(50)63(55(51)34-48)56-32-43(21-22-59-56)58(42-15-17-46(18-16-42)60(4)5)44-26-39-25-40(28-44)29-45(58)27-39/h7-24,30-34,39-40,44-45H,25-29,35H2,1-6H3. The summed E-state index contributed by atoms with van der Waals surface area (Å²) < 4.78 is 9.45. The second-order valence-corrected chi connectivity index (χ2v) is 19.9. The molecule has 0 N–H and O–H groups in total. The van der Waals surface area contributed by atoms with Crippen molar-refractivity contribution in [3.05, 3.63) is 167 Å². The van der Waals surface area contributed by atoms with Crippen LogP contribution in [0.3, 0.4) is 0 Å². The Morgan fingerprint density at radius 2 is 1.31 bits per heavy atom. The molecular formula is C58H57N5O. The molecule has 5 aliphatic rings. The minimum absolute atomic E-state index is 0.0372. The number of hydrogen-bond donors (Lipinski definition) is 0. The fraction of sp³-hybridized carbons (Fsp3) is 0.293. The zero-order valence-corrected chi connectivity index (χ0v) is 38.0. The van der Waals surface area contributed by atoms with Gasteiger partial charge in [-0.2, -0.15) is 0 Å². The third kappa shape index (κ3) is 6.08. The van der Waals surface area contributed by atoms with Gasteiger partial charge in [0, 0.05) is 67.0 Å². The molecule has 0 atom stereocenters. The number of hydrogen-bond acceptors (Lipinski definition) is 5. The van der Waals surface area contributed by atoms with Gasteiger partial charge < -0.3 is 19.4 Å². The fourth-order valence-corrected chi connectivity index (χ4v) is 13.4. The first-order valence-corrected chi connectivity index (χ1v) is 23.4. The van der Waals surface area contributed by atoms with Gasteiger partial charge in [0.2, 0.25) is 0 Å². The molecule has 64 heavy (non-hydrogen) atoms. The van der Waals surface area contributed by atoms with E-state index in [4.69, 9.17) is 9.72 Å². The number of nitrogens with zero attached hydrogens (tertiary/aromatic N) is 5. The van der Waals surface area contributed by atoms with Crippen LogP contribution in [0.15, 0.2) is 140 Å². The van der Waals surface area contributed by atoms with Crippen molar-refractivity contribution in [2.45, 2.75) is 58.3 Å². The van der Waals surface area contributed by atoms with Crippen LogP contribution in [0.2, 0.25) is 0 Å². The van der Waals surface area contributed by atoms with Crippen molar-refractivity contribution >= 4 is 44.6 Å². The lowest BCUT2D eigenvalue weighted by atomic mass is 9.42. The molecule has 6 nitrogen and oxygen atoms in total. The maximum atomic E-state index is 7.06. The number of benzene rings is 6. The Bertz CT molecular complexity index is 3070. The van der Waals surface area contributed by atoms with Crippen LogP contribution in [0.4, 0.5) is 22.7 Å². The molecule has 6 heteroatoms. The molecule has 320 valence electrons. The number of aryl methyl sites for hydroxylation is 3. The molecule has 4 saturated carbocycles. The van der Waals surface area contributed by atoms with E-state index >= 15 is 0 Å². The van der Waals surface area contributed by atoms with Gasteiger partial charge in [-0.3, -0.25) is 4.57 Å². The van der Waals surface area contributed by atoms with E-state index in [1.54, 1.807) is 0 Å². The molecule has 13 rings (SSSR count). The van der Waals surface area contributed by atoms with Gasteiger partial charge in [-0.25, -0.2) is 4.98 Å². The summed E-state index contributed by atoms with van der Waals surface area (Å²) in [7, 11) is 6.44. The van der Waals surface area contributed by atoms with Crippen molar-refractivity contribution in [3.8, 4) is 28.4 Å². The lowest BCUT2D eigenvalue weighted by molar-refractivity contribution is -0.0418. The normalized spacial score (nSPS) is 22.2. The van der Waals surface area contributed by atoms with Crippen LogP contribution in [0, 0.1) is 44.4 Å². The first-order valence-electron chi connectivity index (χ1n) is 23.4. The quantitative estimate of drug-likeness (QED) is 0.152. The number of rotatable bonds is 8. The van der Waals surface area contributed by atoms with E-state index in [1.807, 2.05) is 0 Å². The monoisotopic (exact) mass is 839 g/mol. The Hall–Kier alpha value is -6.53. The van der Waals surface area contributed by atoms with E-state index in [0.29, 0.717) is 11.8 Å². The van der Waals surface area contributed by atoms with Crippen LogP contribution in [0.25, 0.3) is 38.8 Å². The van der Waals surface area contributed by atoms with Crippen LogP contribution in [0.1, 0.15) is 59.9 Å². The van der Waals surface area contributed by atoms with Gasteiger partial charge >= 0.3 is 0 Å². The molecule has 0 saturated heterocycles. The molecule has 0 spiro atoms. The summed E-state index contributed by atoms with van der Waals surface area (Å²) in [6.45, 7) is 7.39. The fourth-order valence-electron chi connectivity index (χ4n) is 13.4. The smallest absolute Gasteiger partial charge is 0.137 e. The minimum Gasteiger partial charge on any atom is -0.457 e. The van der Waals surface area contributed by atoms with Gasteiger partial charge in [0.25, 0.3) is 0 Å². The van der Waals surface area contributed by atoms with Gasteiger partial charge in [0.15, 0.2) is 0 Å². The topological polar surface area (TPSA) is 36.8 Å². The number of anilines is 4. The molecule has 0 unspecified atom stereocenters. The third-order valence-corrected chi connectivity index (χ3v) is 15.7. The lowest BCUT2D eigenvalue weighted by Crippen LogP contribution is -2.56. The highest BCUT2D eigenvalue weighted by molar-refractivity contribution is 6.09. The molecule has 4 fully saturated rings. The minimum atomic E-state index is -0.0372. The first-order chi connectivity index (χ1) is 31.1. The largest absolute Gasteiger partial charge is 0.457 e. The van der Waals surface area contributed by atoms with E-state index in [0.717, 1.165) is 58.1 Å². The highest BCUT2D eigenvalue weighted by Gasteiger charge is 2.58. The third-order valence-electron chi connectivity index (χ3n) is 15.7. The van der Waals surface area contributed by atoms with Gasteiger partial charge in [-0.1, -0.05) is 60.2 Å². The van der Waals surface area contributed by atoms with Crippen LogP contribution < -0.4 is 19.4 Å². The number of aromatic nitrogens is 2. The summed E-state index contributed by atoms with van der Waals surface area (Å²) in [6, 6.07) is 49.8. The summed E-state index contributed by atoms with van der Waals surface area (Å²) in [5.41, 5.74) is 16.1. The highest BCUT2D eigenvalue weighted by atomic mass is 16.5. The summed E-state index contributed by atoms with van der Waals surface area (Å²) in [4.78, 5) is 12.1. The Morgan fingerprint density at radius 3 is 2.05 bits per heavy atom. The van der Waals surface area contributed by atoms with Crippen molar-refractivity contribution in [2.75, 3.05) is 42.5 Å². The zero-order valence-electron chi connectivity index (χ0n) is 38.0. The summed E-state index contributed by atoms with van der Waals surface area (Å²) in [5, 5.41) is 2.40. The van der Waals surface area contributed by atoms with Gasteiger partial charge in [0.05, 0.1) is 29.1 Å². The van der Waals surface area contributed by atoms with Crippen molar-refractivity contribution in [1.29, 1.82) is 0 Å². The van der Waals surface area contributed by atoms with Crippen molar-refractivity contribution < 1.29 is 4.74 Å². The Balaban J connectivity index is 0.991. The average molecular weight is 840 g/mol. The molecular weight excluding hydrogens is 783 g/mol. The molecule has 8 aromatic rings. The maximum Gasteiger partial charge on any atom is 0.137 e. The molecule has 4 aliphatic carbocycles. The molecule has 0 amide bonds. The van der Waals surface area contributed by atoms with Crippen molar-refractivity contribution in [1.82, 2.24) is 9.55 Å². The average Bonchev–Trinajstić information content (AvgIpc) is 3.80. The number of ether oxygens (including phenoxy) is 1. The van der Waals surface area contributed by atoms with Crippen molar-refractivity contribution in [3.63, 3.8) is 0 Å². The predicted octanol–water partition coefficient (Wildman–Crippen LogP) is 13.9. The van der Waals surface area contributed by atoms with Crippen LogP contribution in [0.5, 0.6) is 11.5 Å². The van der Waals surface area contributed by atoms with Crippen LogP contribution in [-0.4, -0.2) is 37.4 Å². The molecule has 4 bridgehead atoms. The van der Waals surface area contributed by atoms with Crippen LogP contribution in [-0.2, 0) is 5.41 Å². The highest BCUT2D eigenvalue weighted by Crippen LogP contribution is 2.65.